The monoisotopic (exact) mass is 402 g/mol. The van der Waals surface area contributed by atoms with Crippen LogP contribution in [0.15, 0.2) is 84.9 Å². The maximum atomic E-state index is 12.1. The van der Waals surface area contributed by atoms with Gasteiger partial charge in [-0.15, -0.1) is 0 Å². The maximum absolute atomic E-state index is 12.1. The molecule has 0 saturated carbocycles. The molecule has 0 spiro atoms. The largest absolute Gasteiger partial charge is 0.454 e. The van der Waals surface area contributed by atoms with Crippen LogP contribution in [0.1, 0.15) is 17.3 Å². The smallest absolute Gasteiger partial charge is 0.328 e. The molecule has 2 amide bonds. The molecule has 3 aromatic carbocycles. The van der Waals surface area contributed by atoms with Gasteiger partial charge in [0.15, 0.2) is 6.61 Å². The summed E-state index contributed by atoms with van der Waals surface area (Å²) in [6.45, 7) is 1.06. The van der Waals surface area contributed by atoms with E-state index in [1.165, 1.54) is 6.92 Å². The van der Waals surface area contributed by atoms with Crippen molar-refractivity contribution in [2.45, 2.75) is 13.0 Å². The third-order valence-electron chi connectivity index (χ3n) is 4.36. The summed E-state index contributed by atoms with van der Waals surface area (Å²) in [6, 6.07) is 24.9. The summed E-state index contributed by atoms with van der Waals surface area (Å²) in [7, 11) is 0. The van der Waals surface area contributed by atoms with Crippen molar-refractivity contribution in [3.8, 4) is 11.1 Å². The van der Waals surface area contributed by atoms with Gasteiger partial charge in [0.1, 0.15) is 6.04 Å². The second-order valence-corrected chi connectivity index (χ2v) is 6.66. The van der Waals surface area contributed by atoms with Crippen LogP contribution < -0.4 is 10.6 Å². The van der Waals surface area contributed by atoms with Gasteiger partial charge in [-0.2, -0.15) is 0 Å². The second kappa shape index (κ2) is 10.0. The van der Waals surface area contributed by atoms with E-state index in [4.69, 9.17) is 4.74 Å². The van der Waals surface area contributed by atoms with Crippen LogP contribution in [0.2, 0.25) is 0 Å². The number of ether oxygens (including phenoxy) is 1. The molecule has 0 aliphatic carbocycles. The van der Waals surface area contributed by atoms with Crippen molar-refractivity contribution < 1.29 is 19.1 Å². The number of amides is 2. The minimum Gasteiger partial charge on any atom is -0.454 e. The lowest BCUT2D eigenvalue weighted by Gasteiger charge is -2.13. The summed E-state index contributed by atoms with van der Waals surface area (Å²) >= 11 is 0. The van der Waals surface area contributed by atoms with Crippen molar-refractivity contribution in [3.63, 3.8) is 0 Å². The highest BCUT2D eigenvalue weighted by molar-refractivity contribution is 5.97. The Balaban J connectivity index is 1.45. The van der Waals surface area contributed by atoms with E-state index in [1.54, 1.807) is 42.5 Å². The molecule has 0 aliphatic heterocycles. The number of benzene rings is 3. The van der Waals surface area contributed by atoms with Crippen molar-refractivity contribution in [2.24, 2.45) is 0 Å². The molecule has 0 aliphatic rings. The first-order valence-corrected chi connectivity index (χ1v) is 9.51. The first-order valence-electron chi connectivity index (χ1n) is 9.51. The summed E-state index contributed by atoms with van der Waals surface area (Å²) < 4.78 is 5.00. The zero-order valence-corrected chi connectivity index (χ0v) is 16.5. The summed E-state index contributed by atoms with van der Waals surface area (Å²) in [6.07, 6.45) is 0. The predicted octanol–water partition coefficient (Wildman–Crippen LogP) is 3.65. The summed E-state index contributed by atoms with van der Waals surface area (Å²) in [4.78, 5) is 36.2. The van der Waals surface area contributed by atoms with Gasteiger partial charge in [-0.05, 0) is 42.3 Å². The molecule has 30 heavy (non-hydrogen) atoms. The van der Waals surface area contributed by atoms with Crippen LogP contribution in [0.4, 0.5) is 5.69 Å². The molecule has 1 atom stereocenters. The van der Waals surface area contributed by atoms with Gasteiger partial charge in [0.25, 0.3) is 11.8 Å². The molecule has 2 N–H and O–H groups in total. The van der Waals surface area contributed by atoms with Crippen LogP contribution in [0.5, 0.6) is 0 Å². The van der Waals surface area contributed by atoms with E-state index < -0.39 is 24.5 Å². The molecule has 0 saturated heterocycles. The molecule has 1 unspecified atom stereocenters. The van der Waals surface area contributed by atoms with Crippen LogP contribution in [0.3, 0.4) is 0 Å². The minimum absolute atomic E-state index is 0.386. The fourth-order valence-electron chi connectivity index (χ4n) is 2.76. The second-order valence-electron chi connectivity index (χ2n) is 6.66. The molecule has 152 valence electrons. The Hall–Kier alpha value is -3.93. The van der Waals surface area contributed by atoms with Gasteiger partial charge in [0.2, 0.25) is 0 Å². The number of carbonyl (C=O) groups excluding carboxylic acids is 3. The van der Waals surface area contributed by atoms with E-state index >= 15 is 0 Å². The van der Waals surface area contributed by atoms with Gasteiger partial charge in [-0.25, -0.2) is 4.79 Å². The highest BCUT2D eigenvalue weighted by atomic mass is 16.5. The highest BCUT2D eigenvalue weighted by Gasteiger charge is 2.19. The zero-order chi connectivity index (χ0) is 21.3. The van der Waals surface area contributed by atoms with Crippen LogP contribution in [0.25, 0.3) is 11.1 Å². The predicted molar refractivity (Wildman–Crippen MR) is 115 cm³/mol. The Labute approximate surface area is 174 Å². The van der Waals surface area contributed by atoms with Crippen molar-refractivity contribution in [2.75, 3.05) is 11.9 Å². The molecule has 6 heteroatoms. The number of hydrogen-bond acceptors (Lipinski definition) is 4. The molecule has 6 nitrogen and oxygen atoms in total. The molecule has 0 aromatic heterocycles. The van der Waals surface area contributed by atoms with Crippen molar-refractivity contribution in [3.05, 3.63) is 90.5 Å². The Morgan fingerprint density at radius 3 is 2.00 bits per heavy atom. The molecule has 0 bridgehead atoms. The summed E-state index contributed by atoms with van der Waals surface area (Å²) in [5.41, 5.74) is 3.15. The molecule has 3 rings (SSSR count). The molecule has 3 aromatic rings. The number of hydrogen-bond donors (Lipinski definition) is 2. The van der Waals surface area contributed by atoms with E-state index in [9.17, 15) is 14.4 Å². The van der Waals surface area contributed by atoms with E-state index in [-0.39, 0.29) is 5.91 Å². The number of carbonyl (C=O) groups is 3. The molecular formula is C24H22N2O4. The Morgan fingerprint density at radius 1 is 0.800 bits per heavy atom. The third kappa shape index (κ3) is 5.78. The van der Waals surface area contributed by atoms with Crippen LogP contribution in [-0.2, 0) is 14.3 Å². The zero-order valence-electron chi connectivity index (χ0n) is 16.5. The molecule has 0 heterocycles. The van der Waals surface area contributed by atoms with Gasteiger partial charge in [-0.3, -0.25) is 9.59 Å². The first kappa shape index (κ1) is 20.8. The number of esters is 1. The van der Waals surface area contributed by atoms with Gasteiger partial charge in [0.05, 0.1) is 0 Å². The molecular weight excluding hydrogens is 380 g/mol. The molecule has 0 radical (unpaired) electrons. The van der Waals surface area contributed by atoms with Crippen LogP contribution in [-0.4, -0.2) is 30.4 Å². The number of nitrogens with one attached hydrogen (secondary N) is 2. The van der Waals surface area contributed by atoms with E-state index in [0.717, 1.165) is 11.1 Å². The van der Waals surface area contributed by atoms with Crippen molar-refractivity contribution >= 4 is 23.5 Å². The molecule has 0 fully saturated rings. The fourth-order valence-corrected chi connectivity index (χ4v) is 2.76. The van der Waals surface area contributed by atoms with E-state index in [0.29, 0.717) is 11.3 Å². The standard InChI is InChI=1S/C24H22N2O4/c1-17(25-23(28)20-10-6-3-7-11-20)24(29)30-16-22(27)26-21-14-12-19(13-15-21)18-8-4-2-5-9-18/h2-15,17H,16H2,1H3,(H,25,28)(H,26,27). The van der Waals surface area contributed by atoms with Gasteiger partial charge >= 0.3 is 5.97 Å². The quantitative estimate of drug-likeness (QED) is 0.591. The third-order valence-corrected chi connectivity index (χ3v) is 4.36. The Bertz CT molecular complexity index is 1000. The van der Waals surface area contributed by atoms with E-state index in [1.807, 2.05) is 42.5 Å². The number of rotatable bonds is 7. The SMILES string of the molecule is CC(NC(=O)c1ccccc1)C(=O)OCC(=O)Nc1ccc(-c2ccccc2)cc1. The van der Waals surface area contributed by atoms with E-state index in [2.05, 4.69) is 10.6 Å². The Morgan fingerprint density at radius 2 is 1.37 bits per heavy atom. The lowest BCUT2D eigenvalue weighted by atomic mass is 10.1. The topological polar surface area (TPSA) is 84.5 Å². The van der Waals surface area contributed by atoms with Crippen molar-refractivity contribution in [1.82, 2.24) is 5.32 Å². The van der Waals surface area contributed by atoms with Crippen LogP contribution in [0, 0.1) is 0 Å². The van der Waals surface area contributed by atoms with Gasteiger partial charge in [-0.1, -0.05) is 60.7 Å². The normalized spacial score (nSPS) is 11.2. The number of anilines is 1. The fraction of sp³-hybridized carbons (Fsp3) is 0.125. The minimum atomic E-state index is -0.879. The first-order chi connectivity index (χ1) is 14.5. The summed E-state index contributed by atoms with van der Waals surface area (Å²) in [5.74, 6) is -1.53. The van der Waals surface area contributed by atoms with Crippen LogP contribution >= 0.6 is 0 Å². The maximum Gasteiger partial charge on any atom is 0.328 e. The average molecular weight is 402 g/mol. The summed E-state index contributed by atoms with van der Waals surface area (Å²) in [5, 5.41) is 5.22. The lowest BCUT2D eigenvalue weighted by molar-refractivity contribution is -0.148. The van der Waals surface area contributed by atoms with Crippen molar-refractivity contribution in [1.29, 1.82) is 0 Å². The van der Waals surface area contributed by atoms with Gasteiger partial charge in [0, 0.05) is 11.3 Å². The average Bonchev–Trinajstić information content (AvgIpc) is 2.79. The van der Waals surface area contributed by atoms with Gasteiger partial charge < -0.3 is 15.4 Å². The Kier molecular flexibility index (Phi) is 6.95. The highest BCUT2D eigenvalue weighted by Crippen LogP contribution is 2.20. The lowest BCUT2D eigenvalue weighted by Crippen LogP contribution is -2.40.